The molecule has 0 atom stereocenters. The Morgan fingerprint density at radius 1 is 0.933 bits per heavy atom. The Morgan fingerprint density at radius 3 is 2.00 bits per heavy atom. The van der Waals surface area contributed by atoms with E-state index in [1.54, 1.807) is 30.3 Å². The number of halogens is 6. The maximum Gasteiger partial charge on any atom is 0.416 e. The topological polar surface area (TPSA) is 73.8 Å². The van der Waals surface area contributed by atoms with E-state index >= 15 is 0 Å². The van der Waals surface area contributed by atoms with Crippen LogP contribution >= 0.6 is 0 Å². The largest absolute Gasteiger partial charge is 0.416 e. The van der Waals surface area contributed by atoms with Crippen molar-refractivity contribution in [3.05, 3.63) is 71.5 Å². The lowest BCUT2D eigenvalue weighted by molar-refractivity contribution is -0.143. The van der Waals surface area contributed by atoms with Crippen molar-refractivity contribution in [2.45, 2.75) is 12.4 Å². The zero-order valence-corrected chi connectivity index (χ0v) is 14.9. The Bertz CT molecular complexity index is 1070. The van der Waals surface area contributed by atoms with Gasteiger partial charge in [0.15, 0.2) is 5.82 Å². The summed E-state index contributed by atoms with van der Waals surface area (Å²) >= 11 is 0. The van der Waals surface area contributed by atoms with Gasteiger partial charge < -0.3 is 5.73 Å². The summed E-state index contributed by atoms with van der Waals surface area (Å²) in [5.41, 5.74) is 2.36. The number of alkyl halides is 6. The molecule has 0 aliphatic heterocycles. The molecule has 0 aliphatic carbocycles. The second-order valence-corrected chi connectivity index (χ2v) is 6.12. The predicted octanol–water partition coefficient (Wildman–Crippen LogP) is 4.47. The predicted molar refractivity (Wildman–Crippen MR) is 95.3 cm³/mol. The number of hydrogen-bond acceptors (Lipinski definition) is 3. The SMILES string of the molecule is NC(=O)/C(=C/n1cnc(-c2cc(C(F)(F)F)cc(C(F)(F)F)c2)n1)c1ccccc1. The lowest BCUT2D eigenvalue weighted by Crippen LogP contribution is -2.13. The molecular formula is C19H12F6N4O. The lowest BCUT2D eigenvalue weighted by Gasteiger charge is -2.13. The van der Waals surface area contributed by atoms with Crippen molar-refractivity contribution in [3.8, 4) is 11.4 Å². The van der Waals surface area contributed by atoms with Crippen LogP contribution in [0.3, 0.4) is 0 Å². The van der Waals surface area contributed by atoms with Gasteiger partial charge in [-0.15, -0.1) is 5.10 Å². The van der Waals surface area contributed by atoms with E-state index in [0.29, 0.717) is 17.7 Å². The van der Waals surface area contributed by atoms with Gasteiger partial charge in [-0.25, -0.2) is 9.67 Å². The number of amides is 1. The number of hydrogen-bond donors (Lipinski definition) is 1. The van der Waals surface area contributed by atoms with Gasteiger partial charge in [0.2, 0.25) is 0 Å². The number of aromatic nitrogens is 3. The first kappa shape index (κ1) is 21.1. The van der Waals surface area contributed by atoms with Crippen LogP contribution in [-0.2, 0) is 17.1 Å². The quantitative estimate of drug-likeness (QED) is 0.494. The van der Waals surface area contributed by atoms with Crippen molar-refractivity contribution in [1.82, 2.24) is 14.8 Å². The summed E-state index contributed by atoms with van der Waals surface area (Å²) in [4.78, 5) is 15.5. The zero-order valence-electron chi connectivity index (χ0n) is 14.9. The highest BCUT2D eigenvalue weighted by molar-refractivity contribution is 6.22. The standard InChI is InChI=1S/C19H12F6N4O/c20-18(21,22)13-6-12(7-14(8-13)19(23,24)25)17-27-10-29(28-17)9-15(16(26)30)11-4-2-1-3-5-11/h1-10H,(H2,26,30)/b15-9+. The average Bonchev–Trinajstić information content (AvgIpc) is 3.13. The van der Waals surface area contributed by atoms with Gasteiger partial charge in [-0.2, -0.15) is 26.3 Å². The molecule has 5 nitrogen and oxygen atoms in total. The molecule has 0 bridgehead atoms. The van der Waals surface area contributed by atoms with Gasteiger partial charge in [0.25, 0.3) is 5.91 Å². The second-order valence-electron chi connectivity index (χ2n) is 6.12. The van der Waals surface area contributed by atoms with E-state index < -0.39 is 35.0 Å². The summed E-state index contributed by atoms with van der Waals surface area (Å²) in [7, 11) is 0. The summed E-state index contributed by atoms with van der Waals surface area (Å²) in [6.07, 6.45) is -7.78. The van der Waals surface area contributed by atoms with E-state index in [2.05, 4.69) is 10.1 Å². The van der Waals surface area contributed by atoms with Crippen LogP contribution in [0.15, 0.2) is 54.9 Å². The van der Waals surface area contributed by atoms with Crippen molar-refractivity contribution in [2.75, 3.05) is 0 Å². The number of carbonyl (C=O) groups excluding carboxylic acids is 1. The molecule has 0 fully saturated rings. The fourth-order valence-corrected chi connectivity index (χ4v) is 2.58. The maximum atomic E-state index is 13.0. The van der Waals surface area contributed by atoms with Crippen LogP contribution < -0.4 is 5.73 Å². The van der Waals surface area contributed by atoms with Gasteiger partial charge in [0.05, 0.1) is 16.7 Å². The van der Waals surface area contributed by atoms with E-state index in [0.717, 1.165) is 11.0 Å². The lowest BCUT2D eigenvalue weighted by atomic mass is 10.0. The summed E-state index contributed by atoms with van der Waals surface area (Å²) in [5, 5.41) is 3.86. The summed E-state index contributed by atoms with van der Waals surface area (Å²) in [6.45, 7) is 0. The van der Waals surface area contributed by atoms with Crippen LogP contribution in [0.1, 0.15) is 16.7 Å². The molecule has 2 aromatic carbocycles. The Morgan fingerprint density at radius 2 is 1.50 bits per heavy atom. The van der Waals surface area contributed by atoms with E-state index in [-0.39, 0.29) is 17.5 Å². The zero-order chi connectivity index (χ0) is 22.1. The molecule has 0 saturated carbocycles. The molecular weight excluding hydrogens is 414 g/mol. The van der Waals surface area contributed by atoms with Gasteiger partial charge in [-0.3, -0.25) is 4.79 Å². The number of nitrogens with zero attached hydrogens (tertiary/aromatic N) is 3. The monoisotopic (exact) mass is 426 g/mol. The fourth-order valence-electron chi connectivity index (χ4n) is 2.58. The van der Waals surface area contributed by atoms with Crippen molar-refractivity contribution >= 4 is 17.7 Å². The molecule has 0 saturated heterocycles. The number of benzene rings is 2. The summed E-state index contributed by atoms with van der Waals surface area (Å²) < 4.78 is 79.2. The highest BCUT2D eigenvalue weighted by Gasteiger charge is 2.37. The first-order valence-electron chi connectivity index (χ1n) is 8.23. The number of rotatable bonds is 4. The first-order chi connectivity index (χ1) is 13.9. The van der Waals surface area contributed by atoms with Crippen LogP contribution in [0.5, 0.6) is 0 Å². The van der Waals surface area contributed by atoms with Crippen molar-refractivity contribution in [1.29, 1.82) is 0 Å². The van der Waals surface area contributed by atoms with Gasteiger partial charge in [0.1, 0.15) is 6.33 Å². The van der Waals surface area contributed by atoms with Crippen LogP contribution in [0.25, 0.3) is 23.2 Å². The molecule has 11 heteroatoms. The Hall–Kier alpha value is -3.63. The fraction of sp³-hybridized carbons (Fsp3) is 0.105. The van der Waals surface area contributed by atoms with Crippen LogP contribution in [0.4, 0.5) is 26.3 Å². The van der Waals surface area contributed by atoms with Gasteiger partial charge in [-0.05, 0) is 23.8 Å². The van der Waals surface area contributed by atoms with Crippen molar-refractivity contribution in [2.24, 2.45) is 5.73 Å². The summed E-state index contributed by atoms with van der Waals surface area (Å²) in [5.74, 6) is -1.20. The van der Waals surface area contributed by atoms with E-state index in [4.69, 9.17) is 5.73 Å². The highest BCUT2D eigenvalue weighted by Crippen LogP contribution is 2.38. The maximum absolute atomic E-state index is 13.0. The van der Waals surface area contributed by atoms with Gasteiger partial charge in [0, 0.05) is 11.8 Å². The second kappa shape index (κ2) is 7.65. The molecule has 0 radical (unpaired) electrons. The molecule has 1 heterocycles. The highest BCUT2D eigenvalue weighted by atomic mass is 19.4. The molecule has 0 unspecified atom stereocenters. The molecule has 0 spiro atoms. The number of carbonyl (C=O) groups is 1. The van der Waals surface area contributed by atoms with Crippen LogP contribution in [-0.4, -0.2) is 20.7 Å². The molecule has 30 heavy (non-hydrogen) atoms. The van der Waals surface area contributed by atoms with Gasteiger partial charge in [-0.1, -0.05) is 30.3 Å². The molecule has 3 rings (SSSR count). The molecule has 2 N–H and O–H groups in total. The molecule has 1 amide bonds. The number of nitrogens with two attached hydrogens (primary N) is 1. The Balaban J connectivity index is 2.06. The molecule has 156 valence electrons. The van der Waals surface area contributed by atoms with E-state index in [1.807, 2.05) is 0 Å². The smallest absolute Gasteiger partial charge is 0.366 e. The molecule has 1 aromatic heterocycles. The Kier molecular flexibility index (Phi) is 5.38. The van der Waals surface area contributed by atoms with E-state index in [1.165, 1.54) is 6.20 Å². The van der Waals surface area contributed by atoms with Crippen molar-refractivity contribution < 1.29 is 31.1 Å². The van der Waals surface area contributed by atoms with Crippen LogP contribution in [0, 0.1) is 0 Å². The Labute approximate surface area is 165 Å². The molecule has 3 aromatic rings. The summed E-state index contributed by atoms with van der Waals surface area (Å²) in [6, 6.07) is 9.26. The van der Waals surface area contributed by atoms with E-state index in [9.17, 15) is 31.1 Å². The van der Waals surface area contributed by atoms with Crippen LogP contribution in [0.2, 0.25) is 0 Å². The third-order valence-electron chi connectivity index (χ3n) is 3.97. The average molecular weight is 426 g/mol. The minimum Gasteiger partial charge on any atom is -0.366 e. The van der Waals surface area contributed by atoms with Crippen molar-refractivity contribution in [3.63, 3.8) is 0 Å². The number of primary amides is 1. The van der Waals surface area contributed by atoms with Gasteiger partial charge >= 0.3 is 12.4 Å². The third kappa shape index (κ3) is 4.67. The first-order valence-corrected chi connectivity index (χ1v) is 8.23. The minimum absolute atomic E-state index is 0.0149. The molecule has 0 aliphatic rings. The normalized spacial score (nSPS) is 12.8. The minimum atomic E-state index is -5.00. The third-order valence-corrected chi connectivity index (χ3v) is 3.97.